The molecule has 2 saturated heterocycles. The highest BCUT2D eigenvalue weighted by Crippen LogP contribution is 2.39. The molecule has 0 aliphatic carbocycles. The van der Waals surface area contributed by atoms with Gasteiger partial charge in [0.25, 0.3) is 0 Å². The molecule has 0 saturated carbocycles. The molecule has 2 aliphatic rings. The molecule has 36 heavy (non-hydrogen) atoms. The lowest BCUT2D eigenvalue weighted by atomic mass is 10.1. The van der Waals surface area contributed by atoms with Crippen LogP contribution in [0.1, 0.15) is 57.6 Å². The smallest absolute Gasteiger partial charge is 0.415 e. The second-order valence-electron chi connectivity index (χ2n) is 9.66. The third kappa shape index (κ3) is 4.78. The van der Waals surface area contributed by atoms with E-state index in [-0.39, 0.29) is 18.2 Å². The molecule has 1 amide bonds. The average molecular weight is 488 g/mol. The summed E-state index contributed by atoms with van der Waals surface area (Å²) < 4.78 is 19.6. The molecule has 1 aromatic heterocycles. The van der Waals surface area contributed by atoms with Gasteiger partial charge < -0.3 is 23.7 Å². The van der Waals surface area contributed by atoms with E-state index < -0.39 is 0 Å². The minimum Gasteiger partial charge on any atom is -0.490 e. The van der Waals surface area contributed by atoms with Crippen LogP contribution >= 0.6 is 0 Å². The molecule has 3 aromatic rings. The minimum atomic E-state index is -0.302. The highest BCUT2D eigenvalue weighted by Gasteiger charge is 2.24. The fraction of sp³-hybridized carbons (Fsp3) is 0.448. The number of fused-ring (bicyclic) bond motifs is 1. The van der Waals surface area contributed by atoms with E-state index in [0.717, 1.165) is 86.3 Å². The fourth-order valence-electron chi connectivity index (χ4n) is 5.13. The Morgan fingerprint density at radius 2 is 1.81 bits per heavy atom. The van der Waals surface area contributed by atoms with Crippen molar-refractivity contribution >= 4 is 17.0 Å². The van der Waals surface area contributed by atoms with Crippen molar-refractivity contribution in [1.29, 1.82) is 5.26 Å². The number of hydrogen-bond acceptors (Lipinski definition) is 5. The predicted molar refractivity (Wildman–Crippen MR) is 138 cm³/mol. The third-order valence-electron chi connectivity index (χ3n) is 7.29. The molecule has 5 rings (SSSR count). The van der Waals surface area contributed by atoms with E-state index in [9.17, 15) is 10.1 Å². The van der Waals surface area contributed by atoms with E-state index in [1.807, 2.05) is 36.4 Å². The molecule has 1 atom stereocenters. The van der Waals surface area contributed by atoms with Gasteiger partial charge in [0.05, 0.1) is 30.0 Å². The first-order valence-electron chi connectivity index (χ1n) is 13.0. The third-order valence-corrected chi connectivity index (χ3v) is 7.29. The summed E-state index contributed by atoms with van der Waals surface area (Å²) in [6.45, 7) is 7.26. The Kier molecular flexibility index (Phi) is 7.15. The van der Waals surface area contributed by atoms with Crippen LogP contribution in [0.5, 0.6) is 11.5 Å². The maximum absolute atomic E-state index is 12.4. The van der Waals surface area contributed by atoms with Crippen LogP contribution in [0.3, 0.4) is 0 Å². The zero-order valence-electron chi connectivity index (χ0n) is 21.0. The normalized spacial score (nSPS) is 17.2. The van der Waals surface area contributed by atoms with Crippen molar-refractivity contribution in [3.63, 3.8) is 0 Å². The number of carbonyl (C=O) groups is 1. The van der Waals surface area contributed by atoms with E-state index in [1.54, 1.807) is 4.90 Å². The Balaban J connectivity index is 1.50. The highest BCUT2D eigenvalue weighted by atomic mass is 16.6. The topological polar surface area (TPSA) is 76.7 Å². The van der Waals surface area contributed by atoms with Crippen LogP contribution in [0.2, 0.25) is 0 Å². The van der Waals surface area contributed by atoms with E-state index in [2.05, 4.69) is 30.6 Å². The number of carbonyl (C=O) groups excluding carboxylic acids is 1. The average Bonchev–Trinajstić information content (AvgIpc) is 3.56. The largest absolute Gasteiger partial charge is 0.490 e. The lowest BCUT2D eigenvalue weighted by molar-refractivity contribution is 0.0256. The lowest BCUT2D eigenvalue weighted by Crippen LogP contribution is -2.30. The number of hydrogen-bond donors (Lipinski definition) is 0. The summed E-state index contributed by atoms with van der Waals surface area (Å²) in [5, 5.41) is 11.1. The summed E-state index contributed by atoms with van der Waals surface area (Å²) in [5.41, 5.74) is 3.42. The van der Waals surface area contributed by atoms with Crippen molar-refractivity contribution in [2.45, 2.75) is 58.1 Å². The summed E-state index contributed by atoms with van der Waals surface area (Å²) in [5.74, 6) is 1.32. The van der Waals surface area contributed by atoms with Gasteiger partial charge in [0.2, 0.25) is 0 Å². The molecule has 0 N–H and O–H groups in total. The Morgan fingerprint density at radius 3 is 2.47 bits per heavy atom. The lowest BCUT2D eigenvalue weighted by Gasteiger charge is -2.23. The maximum Gasteiger partial charge on any atom is 0.415 e. The van der Waals surface area contributed by atoms with Gasteiger partial charge in [0.15, 0.2) is 0 Å². The molecule has 0 radical (unpaired) electrons. The van der Waals surface area contributed by atoms with Gasteiger partial charge in [-0.05, 0) is 68.1 Å². The molecular weight excluding hydrogens is 454 g/mol. The number of aromatic nitrogens is 1. The van der Waals surface area contributed by atoms with Crippen LogP contribution in [0.15, 0.2) is 42.5 Å². The second kappa shape index (κ2) is 10.6. The van der Waals surface area contributed by atoms with Crippen molar-refractivity contribution in [2.24, 2.45) is 0 Å². The van der Waals surface area contributed by atoms with E-state index in [1.165, 1.54) is 0 Å². The number of nitrogens with zero attached hydrogens (tertiary/aromatic N) is 3. The summed E-state index contributed by atoms with van der Waals surface area (Å²) >= 11 is 0. The van der Waals surface area contributed by atoms with E-state index in [4.69, 9.17) is 14.2 Å². The number of ether oxygens (including phenoxy) is 3. The zero-order valence-corrected chi connectivity index (χ0v) is 21.0. The SMILES string of the molecule is CCC(C)n1c(-c2ccc(OC(=O)N3CCCC3)cc2)c(C#N)c2ccc(OC3CCOCC3)cc21. The first-order valence-corrected chi connectivity index (χ1v) is 13.0. The molecular formula is C29H33N3O4. The molecule has 1 unspecified atom stereocenters. The summed E-state index contributed by atoms with van der Waals surface area (Å²) in [6.07, 6.45) is 4.57. The maximum atomic E-state index is 12.4. The van der Waals surface area contributed by atoms with Crippen LogP contribution in [0.25, 0.3) is 22.2 Å². The quantitative estimate of drug-likeness (QED) is 0.408. The van der Waals surface area contributed by atoms with Gasteiger partial charge in [-0.1, -0.05) is 6.92 Å². The van der Waals surface area contributed by atoms with Crippen molar-refractivity contribution in [3.8, 4) is 28.8 Å². The van der Waals surface area contributed by atoms with Gasteiger partial charge in [-0.2, -0.15) is 5.26 Å². The van der Waals surface area contributed by atoms with Gasteiger partial charge in [-0.15, -0.1) is 0 Å². The number of benzene rings is 2. The van der Waals surface area contributed by atoms with E-state index in [0.29, 0.717) is 11.3 Å². The van der Waals surface area contributed by atoms with E-state index >= 15 is 0 Å². The standard InChI is InChI=1S/C29H33N3O4/c1-3-20(2)32-27-18-24(35-23-12-16-34-17-13-23)10-11-25(27)26(19-30)28(32)21-6-8-22(9-7-21)36-29(33)31-14-4-5-15-31/h6-11,18,20,23H,3-5,12-17H2,1-2H3. The van der Waals surface area contributed by atoms with Gasteiger partial charge in [-0.25, -0.2) is 4.79 Å². The van der Waals surface area contributed by atoms with Crippen molar-refractivity contribution in [3.05, 3.63) is 48.0 Å². The summed E-state index contributed by atoms with van der Waals surface area (Å²) in [7, 11) is 0. The molecule has 188 valence electrons. The highest BCUT2D eigenvalue weighted by molar-refractivity contribution is 5.95. The number of rotatable bonds is 6. The zero-order chi connectivity index (χ0) is 25.1. The Morgan fingerprint density at radius 1 is 1.11 bits per heavy atom. The summed E-state index contributed by atoms with van der Waals surface area (Å²) in [4.78, 5) is 14.1. The monoisotopic (exact) mass is 487 g/mol. The van der Waals surface area contributed by atoms with Gasteiger partial charge >= 0.3 is 6.09 Å². The molecule has 7 heteroatoms. The van der Waals surface area contributed by atoms with Crippen LogP contribution in [-0.2, 0) is 4.74 Å². The van der Waals surface area contributed by atoms with Crippen LogP contribution in [0, 0.1) is 11.3 Å². The molecule has 7 nitrogen and oxygen atoms in total. The first kappa shape index (κ1) is 24.2. The molecule has 3 heterocycles. The Bertz CT molecular complexity index is 1260. The number of amides is 1. The van der Waals surface area contributed by atoms with Crippen LogP contribution in [0.4, 0.5) is 4.79 Å². The molecule has 0 spiro atoms. The Labute approximate surface area is 212 Å². The van der Waals surface area contributed by atoms with Crippen LogP contribution < -0.4 is 9.47 Å². The van der Waals surface area contributed by atoms with Crippen molar-refractivity contribution in [2.75, 3.05) is 26.3 Å². The van der Waals surface area contributed by atoms with Gasteiger partial charge in [0.1, 0.15) is 23.7 Å². The first-order chi connectivity index (χ1) is 17.6. The molecule has 2 aromatic carbocycles. The second-order valence-corrected chi connectivity index (χ2v) is 9.66. The number of likely N-dealkylation sites (tertiary alicyclic amines) is 1. The van der Waals surface area contributed by atoms with Crippen molar-refractivity contribution in [1.82, 2.24) is 9.47 Å². The molecule has 0 bridgehead atoms. The fourth-order valence-corrected chi connectivity index (χ4v) is 5.13. The van der Waals surface area contributed by atoms with Crippen LogP contribution in [-0.4, -0.2) is 48.0 Å². The van der Waals surface area contributed by atoms with Crippen molar-refractivity contribution < 1.29 is 19.0 Å². The minimum absolute atomic E-state index is 0.147. The number of nitriles is 1. The predicted octanol–water partition coefficient (Wildman–Crippen LogP) is 6.30. The van der Waals surface area contributed by atoms with Gasteiger partial charge in [0, 0.05) is 43.4 Å². The Hall–Kier alpha value is -3.50. The molecule has 2 fully saturated rings. The van der Waals surface area contributed by atoms with Gasteiger partial charge in [-0.3, -0.25) is 0 Å². The summed E-state index contributed by atoms with van der Waals surface area (Å²) in [6, 6.07) is 16.1. The molecule has 2 aliphatic heterocycles.